The van der Waals surface area contributed by atoms with Crippen molar-refractivity contribution < 1.29 is 9.53 Å². The van der Waals surface area contributed by atoms with Crippen LogP contribution in [0.3, 0.4) is 0 Å². The first kappa shape index (κ1) is 13.6. The van der Waals surface area contributed by atoms with Gasteiger partial charge in [0, 0.05) is 17.3 Å². The second-order valence-electron chi connectivity index (χ2n) is 5.43. The van der Waals surface area contributed by atoms with Crippen molar-refractivity contribution in [1.82, 2.24) is 5.32 Å². The fraction of sp³-hybridized carbons (Fsp3) is 0.438. The van der Waals surface area contributed by atoms with E-state index in [4.69, 9.17) is 4.74 Å². The van der Waals surface area contributed by atoms with Gasteiger partial charge in [0.15, 0.2) is 0 Å². The number of hydrogen-bond donors (Lipinski definition) is 1. The Kier molecular flexibility index (Phi) is 4.03. The van der Waals surface area contributed by atoms with Crippen molar-refractivity contribution in [2.75, 3.05) is 13.2 Å². The summed E-state index contributed by atoms with van der Waals surface area (Å²) in [6, 6.07) is 8.58. The van der Waals surface area contributed by atoms with Crippen LogP contribution in [0.5, 0.6) is 0 Å². The molecule has 0 saturated carbocycles. The van der Waals surface area contributed by atoms with E-state index in [1.165, 1.54) is 15.6 Å². The molecule has 0 bridgehead atoms. The summed E-state index contributed by atoms with van der Waals surface area (Å²) in [7, 11) is 0. The molecule has 1 fully saturated rings. The van der Waals surface area contributed by atoms with E-state index in [2.05, 4.69) is 41.9 Å². The van der Waals surface area contributed by atoms with Gasteiger partial charge in [-0.15, -0.1) is 11.3 Å². The minimum atomic E-state index is 0.0386. The molecule has 0 spiro atoms. The number of carbonyl (C=O) groups is 1. The molecule has 1 amide bonds. The highest BCUT2D eigenvalue weighted by atomic mass is 32.1. The van der Waals surface area contributed by atoms with Crippen LogP contribution in [0.1, 0.15) is 18.9 Å². The molecule has 2 aromatic rings. The van der Waals surface area contributed by atoms with Crippen molar-refractivity contribution in [3.8, 4) is 0 Å². The second kappa shape index (κ2) is 5.94. The van der Waals surface area contributed by atoms with Crippen LogP contribution in [0.25, 0.3) is 10.1 Å². The van der Waals surface area contributed by atoms with Gasteiger partial charge in [-0.05, 0) is 42.2 Å². The maximum absolute atomic E-state index is 12.1. The highest BCUT2D eigenvalue weighted by Gasteiger charge is 2.24. The Bertz CT molecular complexity index is 601. The molecule has 3 rings (SSSR count). The van der Waals surface area contributed by atoms with E-state index in [1.54, 1.807) is 11.3 Å². The normalized spacial score (nSPS) is 20.1. The van der Waals surface area contributed by atoms with Crippen molar-refractivity contribution in [2.45, 2.75) is 25.8 Å². The summed E-state index contributed by atoms with van der Waals surface area (Å²) in [5.74, 6) is 0.172. The molecule has 2 heterocycles. The molecule has 106 valence electrons. The highest BCUT2D eigenvalue weighted by molar-refractivity contribution is 7.17. The summed E-state index contributed by atoms with van der Waals surface area (Å²) >= 11 is 1.77. The molecule has 4 heteroatoms. The third-order valence-corrected chi connectivity index (χ3v) is 4.79. The van der Waals surface area contributed by atoms with Crippen molar-refractivity contribution in [1.29, 1.82) is 0 Å². The Balaban J connectivity index is 1.63. The smallest absolute Gasteiger partial charge is 0.225 e. The van der Waals surface area contributed by atoms with Gasteiger partial charge in [0.1, 0.15) is 0 Å². The molecule has 0 unspecified atom stereocenters. The van der Waals surface area contributed by atoms with Gasteiger partial charge < -0.3 is 10.1 Å². The maximum atomic E-state index is 12.1. The summed E-state index contributed by atoms with van der Waals surface area (Å²) in [5, 5.41) is 6.62. The molecule has 1 aliphatic heterocycles. The second-order valence-corrected chi connectivity index (χ2v) is 6.34. The number of ether oxygens (including phenoxy) is 1. The van der Waals surface area contributed by atoms with Gasteiger partial charge in [0.2, 0.25) is 5.91 Å². The zero-order chi connectivity index (χ0) is 13.9. The van der Waals surface area contributed by atoms with Crippen molar-refractivity contribution in [3.05, 3.63) is 35.2 Å². The number of rotatable bonds is 4. The molecule has 1 aromatic heterocycles. The maximum Gasteiger partial charge on any atom is 0.225 e. The molecule has 3 nitrogen and oxygen atoms in total. The first-order chi connectivity index (χ1) is 9.74. The fourth-order valence-corrected chi connectivity index (χ4v) is 3.65. The predicted octanol–water partition coefficient (Wildman–Crippen LogP) is 2.99. The lowest BCUT2D eigenvalue weighted by Crippen LogP contribution is -2.38. The van der Waals surface area contributed by atoms with E-state index in [0.717, 1.165) is 12.8 Å². The predicted molar refractivity (Wildman–Crippen MR) is 82.1 cm³/mol. The number of thiophene rings is 1. The number of amides is 1. The Morgan fingerprint density at radius 3 is 3.15 bits per heavy atom. The van der Waals surface area contributed by atoms with E-state index in [0.29, 0.717) is 13.2 Å². The van der Waals surface area contributed by atoms with Crippen LogP contribution in [0.15, 0.2) is 29.6 Å². The number of nitrogens with one attached hydrogen (secondary N) is 1. The topological polar surface area (TPSA) is 38.3 Å². The quantitative estimate of drug-likeness (QED) is 0.939. The zero-order valence-electron chi connectivity index (χ0n) is 11.6. The van der Waals surface area contributed by atoms with Gasteiger partial charge >= 0.3 is 0 Å². The Morgan fingerprint density at radius 1 is 1.50 bits per heavy atom. The SMILES string of the molecule is C[C@H](Cc1csc2ccccc12)NC(=O)[C@H]1CCOC1. The summed E-state index contributed by atoms with van der Waals surface area (Å²) in [4.78, 5) is 12.1. The van der Waals surface area contributed by atoms with Crippen LogP contribution in [0, 0.1) is 5.92 Å². The molecule has 1 aliphatic rings. The Labute approximate surface area is 122 Å². The van der Waals surface area contributed by atoms with E-state index in [-0.39, 0.29) is 17.9 Å². The van der Waals surface area contributed by atoms with Gasteiger partial charge in [0.05, 0.1) is 12.5 Å². The van der Waals surface area contributed by atoms with Gasteiger partial charge in [-0.25, -0.2) is 0 Å². The molecule has 2 atom stereocenters. The van der Waals surface area contributed by atoms with Crippen molar-refractivity contribution >= 4 is 27.3 Å². The first-order valence-corrected chi connectivity index (χ1v) is 7.95. The molecular formula is C16H19NO2S. The average molecular weight is 289 g/mol. The summed E-state index contributed by atoms with van der Waals surface area (Å²) in [6.07, 6.45) is 1.73. The molecule has 1 saturated heterocycles. The molecule has 0 aliphatic carbocycles. The molecule has 0 radical (unpaired) electrons. The number of hydrogen-bond acceptors (Lipinski definition) is 3. The van der Waals surface area contributed by atoms with Gasteiger partial charge in [-0.2, -0.15) is 0 Å². The third kappa shape index (κ3) is 2.86. The standard InChI is InChI=1S/C16H19NO2S/c1-11(17-16(18)12-6-7-19-9-12)8-13-10-20-15-5-3-2-4-14(13)15/h2-5,10-12H,6-9H2,1H3,(H,17,18)/t11-,12+/m1/s1. The van der Waals surface area contributed by atoms with Crippen LogP contribution in [0.2, 0.25) is 0 Å². The summed E-state index contributed by atoms with van der Waals surface area (Å²) in [6.45, 7) is 3.35. The molecule has 20 heavy (non-hydrogen) atoms. The number of fused-ring (bicyclic) bond motifs is 1. The first-order valence-electron chi connectivity index (χ1n) is 7.07. The molecule has 1 N–H and O–H groups in total. The van der Waals surface area contributed by atoms with E-state index in [9.17, 15) is 4.79 Å². The summed E-state index contributed by atoms with van der Waals surface area (Å²) in [5.41, 5.74) is 1.32. The van der Waals surface area contributed by atoms with Crippen LogP contribution < -0.4 is 5.32 Å². The fourth-order valence-electron chi connectivity index (χ4n) is 2.67. The largest absolute Gasteiger partial charge is 0.381 e. The summed E-state index contributed by atoms with van der Waals surface area (Å²) < 4.78 is 6.57. The van der Waals surface area contributed by atoms with Gasteiger partial charge in [-0.1, -0.05) is 18.2 Å². The van der Waals surface area contributed by atoms with Crippen LogP contribution >= 0.6 is 11.3 Å². The monoisotopic (exact) mass is 289 g/mol. The van der Waals surface area contributed by atoms with Gasteiger partial charge in [0.25, 0.3) is 0 Å². The Hall–Kier alpha value is -1.39. The lowest BCUT2D eigenvalue weighted by Gasteiger charge is -2.16. The lowest BCUT2D eigenvalue weighted by molar-refractivity contribution is -0.125. The minimum Gasteiger partial charge on any atom is -0.381 e. The van der Waals surface area contributed by atoms with E-state index >= 15 is 0 Å². The van der Waals surface area contributed by atoms with Gasteiger partial charge in [-0.3, -0.25) is 4.79 Å². The van der Waals surface area contributed by atoms with Crippen LogP contribution in [0.4, 0.5) is 0 Å². The lowest BCUT2D eigenvalue weighted by atomic mass is 10.0. The zero-order valence-corrected chi connectivity index (χ0v) is 12.4. The van der Waals surface area contributed by atoms with Crippen molar-refractivity contribution in [3.63, 3.8) is 0 Å². The van der Waals surface area contributed by atoms with E-state index < -0.39 is 0 Å². The van der Waals surface area contributed by atoms with Crippen molar-refractivity contribution in [2.24, 2.45) is 5.92 Å². The Morgan fingerprint density at radius 2 is 2.35 bits per heavy atom. The highest BCUT2D eigenvalue weighted by Crippen LogP contribution is 2.26. The molecule has 1 aromatic carbocycles. The average Bonchev–Trinajstić information content (AvgIpc) is 3.09. The van der Waals surface area contributed by atoms with E-state index in [1.807, 2.05) is 0 Å². The third-order valence-electron chi connectivity index (χ3n) is 3.78. The number of benzene rings is 1. The number of carbonyl (C=O) groups excluding carboxylic acids is 1. The van der Waals surface area contributed by atoms with Crippen LogP contribution in [-0.2, 0) is 16.0 Å². The minimum absolute atomic E-state index is 0.0386. The van der Waals surface area contributed by atoms with Crippen LogP contribution in [-0.4, -0.2) is 25.2 Å². The molecular weight excluding hydrogens is 270 g/mol.